The van der Waals surface area contributed by atoms with Crippen molar-refractivity contribution in [2.45, 2.75) is 26.3 Å². The number of imide groups is 1. The molecular formula is C21H20N4O3. The van der Waals surface area contributed by atoms with Crippen LogP contribution < -0.4 is 10.6 Å². The number of anilines is 1. The molecule has 2 N–H and O–H groups in total. The second kappa shape index (κ2) is 7.16. The van der Waals surface area contributed by atoms with Crippen molar-refractivity contribution in [2.24, 2.45) is 0 Å². The number of amides is 4. The predicted molar refractivity (Wildman–Crippen MR) is 103 cm³/mol. The van der Waals surface area contributed by atoms with Crippen LogP contribution in [-0.4, -0.2) is 29.3 Å². The van der Waals surface area contributed by atoms with Crippen molar-refractivity contribution in [1.82, 2.24) is 10.2 Å². The number of hydrogen-bond donors (Lipinski definition) is 2. The Balaban J connectivity index is 1.79. The molecule has 0 aliphatic carbocycles. The summed E-state index contributed by atoms with van der Waals surface area (Å²) in [5.41, 5.74) is 2.05. The van der Waals surface area contributed by atoms with Gasteiger partial charge in [0.2, 0.25) is 5.91 Å². The molecule has 3 rings (SSSR count). The molecule has 1 heterocycles. The first kappa shape index (κ1) is 19.1. The predicted octanol–water partition coefficient (Wildman–Crippen LogP) is 2.58. The highest BCUT2D eigenvalue weighted by atomic mass is 16.2. The molecule has 2 aromatic carbocycles. The number of rotatable bonds is 4. The molecule has 2 aromatic rings. The van der Waals surface area contributed by atoms with E-state index in [0.717, 1.165) is 16.0 Å². The molecule has 0 saturated carbocycles. The standard InChI is InChI=1S/C21H20N4O3/c1-13-7-8-14(2)17(9-13)23-18(26)12-25-19(27)21(3,24-20(25)28)16-6-4-5-15(10-16)11-22/h4-10H,12H2,1-3H3,(H,23,26)(H,24,28)/t21-/m1/s1. The molecule has 4 amide bonds. The Kier molecular flexibility index (Phi) is 4.89. The molecule has 7 nitrogen and oxygen atoms in total. The quantitative estimate of drug-likeness (QED) is 0.801. The highest BCUT2D eigenvalue weighted by Gasteiger charge is 2.49. The van der Waals surface area contributed by atoms with Gasteiger partial charge in [-0.2, -0.15) is 5.26 Å². The van der Waals surface area contributed by atoms with E-state index in [2.05, 4.69) is 10.6 Å². The number of carbonyl (C=O) groups is 3. The third-order valence-electron chi connectivity index (χ3n) is 4.81. The second-order valence-electron chi connectivity index (χ2n) is 7.01. The molecule has 28 heavy (non-hydrogen) atoms. The van der Waals surface area contributed by atoms with Gasteiger partial charge in [0.05, 0.1) is 11.6 Å². The van der Waals surface area contributed by atoms with Crippen LogP contribution in [0.25, 0.3) is 0 Å². The van der Waals surface area contributed by atoms with Gasteiger partial charge in [-0.3, -0.25) is 14.5 Å². The van der Waals surface area contributed by atoms with E-state index >= 15 is 0 Å². The number of carbonyl (C=O) groups excluding carboxylic acids is 3. The minimum absolute atomic E-state index is 0.381. The molecule has 0 radical (unpaired) electrons. The monoisotopic (exact) mass is 376 g/mol. The molecule has 1 atom stereocenters. The van der Waals surface area contributed by atoms with E-state index < -0.39 is 29.9 Å². The summed E-state index contributed by atoms with van der Waals surface area (Å²) in [6.45, 7) is 4.94. The lowest BCUT2D eigenvalue weighted by Crippen LogP contribution is -2.42. The molecule has 1 aliphatic rings. The first-order valence-electron chi connectivity index (χ1n) is 8.76. The maximum absolute atomic E-state index is 12.9. The number of urea groups is 1. The first-order chi connectivity index (χ1) is 13.2. The summed E-state index contributed by atoms with van der Waals surface area (Å²) in [6.07, 6.45) is 0. The Morgan fingerprint density at radius 2 is 1.96 bits per heavy atom. The summed E-state index contributed by atoms with van der Waals surface area (Å²) in [5, 5.41) is 14.5. The van der Waals surface area contributed by atoms with E-state index in [0.29, 0.717) is 16.8 Å². The maximum atomic E-state index is 12.9. The van der Waals surface area contributed by atoms with Crippen LogP contribution in [0.1, 0.15) is 29.2 Å². The van der Waals surface area contributed by atoms with Gasteiger partial charge in [0, 0.05) is 5.69 Å². The lowest BCUT2D eigenvalue weighted by atomic mass is 9.91. The lowest BCUT2D eigenvalue weighted by Gasteiger charge is -2.22. The van der Waals surface area contributed by atoms with Crippen molar-refractivity contribution in [2.75, 3.05) is 11.9 Å². The molecule has 1 saturated heterocycles. The highest BCUT2D eigenvalue weighted by molar-refractivity contribution is 6.10. The Morgan fingerprint density at radius 1 is 1.21 bits per heavy atom. The average Bonchev–Trinajstić information content (AvgIpc) is 2.89. The smallest absolute Gasteiger partial charge is 0.324 e. The second-order valence-corrected chi connectivity index (χ2v) is 7.01. The van der Waals surface area contributed by atoms with E-state index in [1.54, 1.807) is 31.2 Å². The molecule has 0 bridgehead atoms. The van der Waals surface area contributed by atoms with Crippen LogP contribution in [0.4, 0.5) is 10.5 Å². The number of hydrogen-bond acceptors (Lipinski definition) is 4. The molecule has 142 valence electrons. The zero-order valence-corrected chi connectivity index (χ0v) is 15.9. The zero-order chi connectivity index (χ0) is 20.5. The fourth-order valence-corrected chi connectivity index (χ4v) is 3.14. The summed E-state index contributed by atoms with van der Waals surface area (Å²) in [4.78, 5) is 38.6. The topological polar surface area (TPSA) is 102 Å². The lowest BCUT2D eigenvalue weighted by molar-refractivity contribution is -0.133. The summed E-state index contributed by atoms with van der Waals surface area (Å²) in [6, 6.07) is 13.5. The van der Waals surface area contributed by atoms with Crippen molar-refractivity contribution >= 4 is 23.5 Å². The summed E-state index contributed by atoms with van der Waals surface area (Å²) in [5.74, 6) is -1.00. The first-order valence-corrected chi connectivity index (χ1v) is 8.76. The van der Waals surface area contributed by atoms with Crippen molar-refractivity contribution in [3.05, 3.63) is 64.7 Å². The van der Waals surface area contributed by atoms with Crippen LogP contribution in [0.2, 0.25) is 0 Å². The third-order valence-corrected chi connectivity index (χ3v) is 4.81. The van der Waals surface area contributed by atoms with Crippen LogP contribution in [0, 0.1) is 25.2 Å². The van der Waals surface area contributed by atoms with Gasteiger partial charge in [-0.25, -0.2) is 4.79 Å². The van der Waals surface area contributed by atoms with Crippen molar-refractivity contribution in [3.63, 3.8) is 0 Å². The molecule has 1 aliphatic heterocycles. The number of nitriles is 1. The molecule has 7 heteroatoms. The van der Waals surface area contributed by atoms with Gasteiger partial charge in [-0.05, 0) is 55.7 Å². The average molecular weight is 376 g/mol. The minimum Gasteiger partial charge on any atom is -0.324 e. The van der Waals surface area contributed by atoms with E-state index in [9.17, 15) is 14.4 Å². The normalized spacial score (nSPS) is 18.6. The van der Waals surface area contributed by atoms with Gasteiger partial charge in [-0.1, -0.05) is 24.3 Å². The van der Waals surface area contributed by atoms with Crippen LogP contribution >= 0.6 is 0 Å². The van der Waals surface area contributed by atoms with Crippen molar-refractivity contribution in [3.8, 4) is 6.07 Å². The van der Waals surface area contributed by atoms with E-state index in [-0.39, 0.29) is 0 Å². The molecule has 0 spiro atoms. The fourth-order valence-electron chi connectivity index (χ4n) is 3.14. The third kappa shape index (κ3) is 3.45. The Hall–Kier alpha value is -3.66. The van der Waals surface area contributed by atoms with Crippen molar-refractivity contribution in [1.29, 1.82) is 5.26 Å². The summed E-state index contributed by atoms with van der Waals surface area (Å²) >= 11 is 0. The van der Waals surface area contributed by atoms with Crippen LogP contribution in [-0.2, 0) is 15.1 Å². The Labute approximate surface area is 163 Å². The van der Waals surface area contributed by atoms with Gasteiger partial charge in [0.1, 0.15) is 12.1 Å². The zero-order valence-electron chi connectivity index (χ0n) is 15.9. The largest absolute Gasteiger partial charge is 0.325 e. The highest BCUT2D eigenvalue weighted by Crippen LogP contribution is 2.29. The molecular weight excluding hydrogens is 356 g/mol. The summed E-state index contributed by atoms with van der Waals surface area (Å²) in [7, 11) is 0. The SMILES string of the molecule is Cc1ccc(C)c(NC(=O)CN2C(=O)N[C@](C)(c3cccc(C#N)c3)C2=O)c1. The van der Waals surface area contributed by atoms with Gasteiger partial charge in [0.15, 0.2) is 0 Å². The van der Waals surface area contributed by atoms with Gasteiger partial charge >= 0.3 is 6.03 Å². The number of benzene rings is 2. The number of nitrogens with zero attached hydrogens (tertiary/aromatic N) is 2. The maximum Gasteiger partial charge on any atom is 0.325 e. The molecule has 0 aromatic heterocycles. The minimum atomic E-state index is -1.33. The van der Waals surface area contributed by atoms with E-state index in [4.69, 9.17) is 5.26 Å². The van der Waals surface area contributed by atoms with Crippen LogP contribution in [0.3, 0.4) is 0 Å². The van der Waals surface area contributed by atoms with Gasteiger partial charge in [0.25, 0.3) is 5.91 Å². The fraction of sp³-hybridized carbons (Fsp3) is 0.238. The Morgan fingerprint density at radius 3 is 2.68 bits per heavy atom. The van der Waals surface area contributed by atoms with Gasteiger partial charge < -0.3 is 10.6 Å². The number of aryl methyl sites for hydroxylation is 2. The summed E-state index contributed by atoms with van der Waals surface area (Å²) < 4.78 is 0. The molecule has 0 unspecified atom stereocenters. The molecule has 1 fully saturated rings. The van der Waals surface area contributed by atoms with E-state index in [1.165, 1.54) is 0 Å². The van der Waals surface area contributed by atoms with Crippen molar-refractivity contribution < 1.29 is 14.4 Å². The van der Waals surface area contributed by atoms with E-state index in [1.807, 2.05) is 38.1 Å². The number of nitrogens with one attached hydrogen (secondary N) is 2. The van der Waals surface area contributed by atoms with Crippen LogP contribution in [0.15, 0.2) is 42.5 Å². The van der Waals surface area contributed by atoms with Gasteiger partial charge in [-0.15, -0.1) is 0 Å². The van der Waals surface area contributed by atoms with Crippen LogP contribution in [0.5, 0.6) is 0 Å². The Bertz CT molecular complexity index is 1020.